The number of rotatable bonds is 4. The molecule has 1 saturated heterocycles. The molecule has 1 unspecified atom stereocenters. The van der Waals surface area contributed by atoms with E-state index in [2.05, 4.69) is 0 Å². The first-order chi connectivity index (χ1) is 9.26. The summed E-state index contributed by atoms with van der Waals surface area (Å²) in [6, 6.07) is 5.18. The number of nitrogens with two attached hydrogens (primary N) is 1. The third-order valence-electron chi connectivity index (χ3n) is 3.53. The van der Waals surface area contributed by atoms with Gasteiger partial charge in [0.15, 0.2) is 0 Å². The van der Waals surface area contributed by atoms with Crippen molar-refractivity contribution in [2.45, 2.75) is 42.0 Å². The summed E-state index contributed by atoms with van der Waals surface area (Å²) in [6.07, 6.45) is 2.41. The molecule has 1 aliphatic rings. The summed E-state index contributed by atoms with van der Waals surface area (Å²) in [5.41, 5.74) is 0. The highest BCUT2D eigenvalue weighted by atomic mass is 32.2. The summed E-state index contributed by atoms with van der Waals surface area (Å²) in [7, 11) is -7.58. The summed E-state index contributed by atoms with van der Waals surface area (Å²) in [5.74, 6) is 0. The van der Waals surface area contributed by atoms with Crippen LogP contribution in [0, 0.1) is 0 Å². The predicted octanol–water partition coefficient (Wildman–Crippen LogP) is 0.897. The molecule has 1 fully saturated rings. The van der Waals surface area contributed by atoms with Crippen LogP contribution in [0.3, 0.4) is 0 Å². The van der Waals surface area contributed by atoms with Crippen LogP contribution >= 0.6 is 0 Å². The van der Waals surface area contributed by atoms with E-state index >= 15 is 0 Å². The highest BCUT2D eigenvalue weighted by Gasteiger charge is 2.34. The molecule has 2 N–H and O–H groups in total. The molecule has 1 aromatic rings. The lowest BCUT2D eigenvalue weighted by Crippen LogP contribution is -2.35. The van der Waals surface area contributed by atoms with Crippen LogP contribution in [0.5, 0.6) is 0 Å². The average Bonchev–Trinajstić information content (AvgIpc) is 2.87. The van der Waals surface area contributed by atoms with Gasteiger partial charge in [0.2, 0.25) is 20.0 Å². The zero-order valence-corrected chi connectivity index (χ0v) is 12.8. The van der Waals surface area contributed by atoms with Gasteiger partial charge in [-0.15, -0.1) is 0 Å². The normalized spacial score (nSPS) is 21.2. The molecule has 0 bridgehead atoms. The zero-order valence-electron chi connectivity index (χ0n) is 11.2. The summed E-state index contributed by atoms with van der Waals surface area (Å²) < 4.78 is 49.2. The Balaban J connectivity index is 2.45. The third-order valence-corrected chi connectivity index (χ3v) is 6.39. The molecule has 1 heterocycles. The van der Waals surface area contributed by atoms with E-state index in [4.69, 9.17) is 5.14 Å². The van der Waals surface area contributed by atoms with Crippen LogP contribution in [0.4, 0.5) is 0 Å². The molecule has 0 saturated carbocycles. The van der Waals surface area contributed by atoms with E-state index in [1.165, 1.54) is 22.5 Å². The van der Waals surface area contributed by atoms with Crippen molar-refractivity contribution in [2.24, 2.45) is 5.14 Å². The van der Waals surface area contributed by atoms with Crippen LogP contribution in [0.15, 0.2) is 34.1 Å². The lowest BCUT2D eigenvalue weighted by molar-refractivity contribution is 0.379. The number of hydrogen-bond donors (Lipinski definition) is 1. The fourth-order valence-corrected chi connectivity index (χ4v) is 4.93. The van der Waals surface area contributed by atoms with Gasteiger partial charge in [0, 0.05) is 12.6 Å². The molecule has 0 radical (unpaired) electrons. The van der Waals surface area contributed by atoms with Crippen molar-refractivity contribution in [3.05, 3.63) is 24.3 Å². The van der Waals surface area contributed by atoms with Gasteiger partial charge in [0.1, 0.15) is 0 Å². The molecule has 0 spiro atoms. The van der Waals surface area contributed by atoms with Crippen molar-refractivity contribution >= 4 is 20.0 Å². The molecule has 1 atom stereocenters. The lowest BCUT2D eigenvalue weighted by atomic mass is 10.2. The topological polar surface area (TPSA) is 97.5 Å². The molecule has 8 heteroatoms. The monoisotopic (exact) mass is 318 g/mol. The number of nitrogens with zero attached hydrogens (tertiary/aromatic N) is 1. The van der Waals surface area contributed by atoms with Crippen LogP contribution < -0.4 is 5.14 Å². The maximum absolute atomic E-state index is 12.6. The smallest absolute Gasteiger partial charge is 0.225 e. The quantitative estimate of drug-likeness (QED) is 0.891. The third kappa shape index (κ3) is 2.88. The highest BCUT2D eigenvalue weighted by molar-refractivity contribution is 7.90. The van der Waals surface area contributed by atoms with E-state index in [1.807, 2.05) is 6.92 Å². The predicted molar refractivity (Wildman–Crippen MR) is 75.0 cm³/mol. The van der Waals surface area contributed by atoms with E-state index in [0.29, 0.717) is 6.54 Å². The molecule has 20 heavy (non-hydrogen) atoms. The van der Waals surface area contributed by atoms with Gasteiger partial charge in [-0.05, 0) is 37.5 Å². The minimum atomic E-state index is -3.91. The van der Waals surface area contributed by atoms with Crippen LogP contribution in [-0.4, -0.2) is 33.7 Å². The molecule has 112 valence electrons. The van der Waals surface area contributed by atoms with Gasteiger partial charge < -0.3 is 0 Å². The number of sulfonamides is 2. The van der Waals surface area contributed by atoms with Crippen LogP contribution in [0.1, 0.15) is 26.2 Å². The highest BCUT2D eigenvalue weighted by Crippen LogP contribution is 2.28. The number of primary sulfonamides is 1. The molecular formula is C12H18N2O4S2. The standard InChI is InChI=1S/C12H18N2O4S2/c1-2-10-5-4-8-14(10)20(17,18)12-7-3-6-11(9-12)19(13,15)16/h3,6-7,9-10H,2,4-5,8H2,1H3,(H2,13,15,16). The Morgan fingerprint density at radius 2 is 1.90 bits per heavy atom. The Bertz CT molecular complexity index is 698. The van der Waals surface area contributed by atoms with Crippen molar-refractivity contribution in [3.63, 3.8) is 0 Å². The first-order valence-corrected chi connectivity index (χ1v) is 9.40. The molecule has 0 aliphatic carbocycles. The Kier molecular flexibility index (Phi) is 4.19. The van der Waals surface area contributed by atoms with E-state index in [0.717, 1.165) is 25.3 Å². The summed E-state index contributed by atoms with van der Waals surface area (Å²) in [5, 5.41) is 5.04. The molecule has 1 aliphatic heterocycles. The Morgan fingerprint density at radius 1 is 1.25 bits per heavy atom. The summed E-state index contributed by atoms with van der Waals surface area (Å²) in [4.78, 5) is -0.213. The van der Waals surface area contributed by atoms with Crippen molar-refractivity contribution in [1.82, 2.24) is 4.31 Å². The summed E-state index contributed by atoms with van der Waals surface area (Å²) in [6.45, 7) is 2.42. The minimum Gasteiger partial charge on any atom is -0.225 e. The Labute approximate surface area is 119 Å². The van der Waals surface area contributed by atoms with Gasteiger partial charge in [-0.1, -0.05) is 13.0 Å². The van der Waals surface area contributed by atoms with Crippen molar-refractivity contribution in [3.8, 4) is 0 Å². The second-order valence-corrected chi connectivity index (χ2v) is 8.29. The van der Waals surface area contributed by atoms with Crippen molar-refractivity contribution < 1.29 is 16.8 Å². The van der Waals surface area contributed by atoms with E-state index in [1.54, 1.807) is 0 Å². The van der Waals surface area contributed by atoms with Gasteiger partial charge in [-0.3, -0.25) is 0 Å². The van der Waals surface area contributed by atoms with Gasteiger partial charge >= 0.3 is 0 Å². The maximum Gasteiger partial charge on any atom is 0.243 e. The molecule has 2 rings (SSSR count). The van der Waals surface area contributed by atoms with Gasteiger partial charge in [-0.2, -0.15) is 4.31 Å². The fraction of sp³-hybridized carbons (Fsp3) is 0.500. The summed E-state index contributed by atoms with van der Waals surface area (Å²) >= 11 is 0. The lowest BCUT2D eigenvalue weighted by Gasteiger charge is -2.23. The maximum atomic E-state index is 12.6. The van der Waals surface area contributed by atoms with Crippen LogP contribution in [-0.2, 0) is 20.0 Å². The van der Waals surface area contributed by atoms with E-state index in [9.17, 15) is 16.8 Å². The van der Waals surface area contributed by atoms with Crippen LogP contribution in [0.2, 0.25) is 0 Å². The number of hydrogen-bond acceptors (Lipinski definition) is 4. The largest absolute Gasteiger partial charge is 0.243 e. The Hall–Kier alpha value is -0.960. The SMILES string of the molecule is CCC1CCCN1S(=O)(=O)c1cccc(S(N)(=O)=O)c1. The second-order valence-electron chi connectivity index (χ2n) is 4.84. The average molecular weight is 318 g/mol. The fourth-order valence-electron chi connectivity index (χ4n) is 2.48. The van der Waals surface area contributed by atoms with Gasteiger partial charge in [-0.25, -0.2) is 22.0 Å². The van der Waals surface area contributed by atoms with E-state index < -0.39 is 20.0 Å². The number of benzene rings is 1. The van der Waals surface area contributed by atoms with E-state index in [-0.39, 0.29) is 15.8 Å². The minimum absolute atomic E-state index is 0.0156. The second kappa shape index (κ2) is 5.44. The van der Waals surface area contributed by atoms with Gasteiger partial charge in [0.05, 0.1) is 9.79 Å². The first kappa shape index (κ1) is 15.4. The van der Waals surface area contributed by atoms with Crippen molar-refractivity contribution in [2.75, 3.05) is 6.54 Å². The molecule has 6 nitrogen and oxygen atoms in total. The zero-order chi connectivity index (χ0) is 15.0. The van der Waals surface area contributed by atoms with Crippen LogP contribution in [0.25, 0.3) is 0 Å². The van der Waals surface area contributed by atoms with Crippen molar-refractivity contribution in [1.29, 1.82) is 0 Å². The first-order valence-electron chi connectivity index (χ1n) is 6.41. The van der Waals surface area contributed by atoms with Gasteiger partial charge in [0.25, 0.3) is 0 Å². The molecule has 1 aromatic carbocycles. The molecular weight excluding hydrogens is 300 g/mol. The Morgan fingerprint density at radius 3 is 2.50 bits per heavy atom. The molecule has 0 amide bonds. The molecule has 0 aromatic heterocycles.